The normalized spacial score (nSPS) is 12.5. The van der Waals surface area contributed by atoms with Gasteiger partial charge in [-0.05, 0) is 6.42 Å². The maximum atomic E-state index is 11.9. The first-order chi connectivity index (χ1) is 10.2. The van der Waals surface area contributed by atoms with Crippen LogP contribution in [0.2, 0.25) is 0 Å². The maximum absolute atomic E-state index is 11.9. The van der Waals surface area contributed by atoms with E-state index in [1.807, 2.05) is 0 Å². The van der Waals surface area contributed by atoms with Crippen LogP contribution in [-0.2, 0) is 23.7 Å². The molecule has 0 aromatic carbocycles. The van der Waals surface area contributed by atoms with Crippen molar-refractivity contribution < 1.29 is 19.8 Å². The fourth-order valence-electron chi connectivity index (χ4n) is 1.68. The number of nitrogens with two attached hydrogens (primary N) is 1. The molecule has 1 heterocycles. The monoisotopic (exact) mass is 312 g/mol. The van der Waals surface area contributed by atoms with E-state index in [9.17, 15) is 24.3 Å². The fraction of sp³-hybridized carbons (Fsp3) is 0.417. The largest absolute Gasteiger partial charge is 0.494 e. The van der Waals surface area contributed by atoms with Crippen molar-refractivity contribution in [3.05, 3.63) is 26.4 Å². The Bertz CT molecular complexity index is 745. The Labute approximate surface area is 124 Å². The Morgan fingerprint density at radius 2 is 1.91 bits per heavy atom. The number of carbonyl (C=O) groups excluding carboxylic acids is 1. The van der Waals surface area contributed by atoms with E-state index in [1.165, 1.54) is 14.1 Å². The highest BCUT2D eigenvalue weighted by molar-refractivity contribution is 5.85. The molecule has 4 N–H and O–H groups in total. The van der Waals surface area contributed by atoms with Crippen LogP contribution in [-0.4, -0.2) is 43.5 Å². The molecule has 10 heteroatoms. The predicted octanol–water partition coefficient (Wildman–Crippen LogP) is -2.07. The summed E-state index contributed by atoms with van der Waals surface area (Å²) in [6, 6.07) is -1.30. The number of carboxylic acid groups (broad SMARTS) is 1. The van der Waals surface area contributed by atoms with Gasteiger partial charge >= 0.3 is 11.7 Å². The minimum absolute atomic E-state index is 0.145. The van der Waals surface area contributed by atoms with E-state index < -0.39 is 35.0 Å². The van der Waals surface area contributed by atoms with E-state index in [0.717, 1.165) is 15.3 Å². The fourth-order valence-corrected chi connectivity index (χ4v) is 1.68. The molecule has 0 fully saturated rings. The molecule has 1 aromatic heterocycles. The van der Waals surface area contributed by atoms with E-state index in [4.69, 9.17) is 10.8 Å². The second-order valence-electron chi connectivity index (χ2n) is 4.58. The molecule has 120 valence electrons. The van der Waals surface area contributed by atoms with E-state index >= 15 is 0 Å². The van der Waals surface area contributed by atoms with Crippen molar-refractivity contribution in [2.45, 2.75) is 18.9 Å². The SMILES string of the molecule is Cn1c(O)c(C=NC(CCC(N)=O)C(=O)O)c(=O)n(C)c1=O. The molecule has 0 saturated carbocycles. The predicted molar refractivity (Wildman–Crippen MR) is 76.0 cm³/mol. The van der Waals surface area contributed by atoms with Crippen LogP contribution in [0.25, 0.3) is 0 Å². The number of aromatic hydroxyl groups is 1. The highest BCUT2D eigenvalue weighted by Crippen LogP contribution is 2.08. The summed E-state index contributed by atoms with van der Waals surface area (Å²) in [6.07, 6.45) is 0.538. The third-order valence-electron chi connectivity index (χ3n) is 3.00. The quantitative estimate of drug-likeness (QED) is 0.512. The van der Waals surface area contributed by atoms with E-state index in [-0.39, 0.29) is 18.4 Å². The number of carbonyl (C=O) groups is 2. The molecule has 22 heavy (non-hydrogen) atoms. The zero-order valence-corrected chi connectivity index (χ0v) is 12.0. The molecule has 1 aromatic rings. The molecular weight excluding hydrogens is 296 g/mol. The first-order valence-corrected chi connectivity index (χ1v) is 6.20. The summed E-state index contributed by atoms with van der Waals surface area (Å²) < 4.78 is 1.57. The van der Waals surface area contributed by atoms with E-state index in [0.29, 0.717) is 0 Å². The zero-order chi connectivity index (χ0) is 17.0. The lowest BCUT2D eigenvalue weighted by Crippen LogP contribution is -2.38. The van der Waals surface area contributed by atoms with Crippen LogP contribution in [0.1, 0.15) is 18.4 Å². The van der Waals surface area contributed by atoms with Gasteiger partial charge in [-0.3, -0.25) is 23.7 Å². The molecule has 0 radical (unpaired) electrons. The summed E-state index contributed by atoms with van der Waals surface area (Å²) in [5.41, 5.74) is 3.06. The second-order valence-corrected chi connectivity index (χ2v) is 4.58. The topological polar surface area (TPSA) is 157 Å². The lowest BCUT2D eigenvalue weighted by Gasteiger charge is -2.08. The third kappa shape index (κ3) is 3.59. The van der Waals surface area contributed by atoms with Gasteiger partial charge in [0.1, 0.15) is 11.6 Å². The second kappa shape index (κ2) is 6.70. The van der Waals surface area contributed by atoms with Gasteiger partial charge in [0.05, 0.1) is 0 Å². The van der Waals surface area contributed by atoms with Crippen molar-refractivity contribution in [1.29, 1.82) is 0 Å². The van der Waals surface area contributed by atoms with E-state index in [2.05, 4.69) is 4.99 Å². The Kier molecular flexibility index (Phi) is 5.22. The standard InChI is InChI=1S/C12H16N4O6/c1-15-9(18)6(10(19)16(2)12(15)22)5-14-7(11(20)21)3-4-8(13)17/h5,7,18H,3-4H2,1-2H3,(H2,13,17)(H,20,21). The number of primary amides is 1. The van der Waals surface area contributed by atoms with Crippen LogP contribution in [0.5, 0.6) is 5.88 Å². The van der Waals surface area contributed by atoms with Gasteiger partial charge in [0, 0.05) is 26.7 Å². The van der Waals surface area contributed by atoms with Crippen molar-refractivity contribution in [2.24, 2.45) is 24.8 Å². The first-order valence-electron chi connectivity index (χ1n) is 6.20. The number of rotatable bonds is 6. The van der Waals surface area contributed by atoms with Gasteiger partial charge in [0.2, 0.25) is 11.8 Å². The Morgan fingerprint density at radius 3 is 2.41 bits per heavy atom. The summed E-state index contributed by atoms with van der Waals surface area (Å²) in [5.74, 6) is -2.61. The average Bonchev–Trinajstić information content (AvgIpc) is 2.45. The lowest BCUT2D eigenvalue weighted by molar-refractivity contribution is -0.138. The minimum Gasteiger partial charge on any atom is -0.494 e. The Hall–Kier alpha value is -2.91. The van der Waals surface area contributed by atoms with Crippen molar-refractivity contribution in [1.82, 2.24) is 9.13 Å². The summed E-state index contributed by atoms with van der Waals surface area (Å²) in [6.45, 7) is 0. The first kappa shape index (κ1) is 17.1. The molecule has 1 rings (SSSR count). The van der Waals surface area contributed by atoms with Gasteiger partial charge in [-0.1, -0.05) is 0 Å². The van der Waals surface area contributed by atoms with Crippen molar-refractivity contribution in [3.8, 4) is 5.88 Å². The molecule has 0 bridgehead atoms. The number of amides is 1. The number of hydrogen-bond donors (Lipinski definition) is 3. The van der Waals surface area contributed by atoms with Crippen molar-refractivity contribution >= 4 is 18.1 Å². The number of carboxylic acids is 1. The molecule has 10 nitrogen and oxygen atoms in total. The molecule has 0 aliphatic heterocycles. The lowest BCUT2D eigenvalue weighted by atomic mass is 10.1. The van der Waals surface area contributed by atoms with Gasteiger partial charge < -0.3 is 15.9 Å². The van der Waals surface area contributed by atoms with Crippen LogP contribution >= 0.6 is 0 Å². The molecular formula is C12H16N4O6. The van der Waals surface area contributed by atoms with Gasteiger partial charge in [0.25, 0.3) is 5.56 Å². The number of aliphatic carboxylic acids is 1. The van der Waals surface area contributed by atoms with Crippen LogP contribution in [0.15, 0.2) is 14.6 Å². The maximum Gasteiger partial charge on any atom is 0.333 e. The van der Waals surface area contributed by atoms with Crippen molar-refractivity contribution in [3.63, 3.8) is 0 Å². The Morgan fingerprint density at radius 1 is 1.32 bits per heavy atom. The molecule has 0 saturated heterocycles. The molecule has 0 spiro atoms. The molecule has 0 aliphatic carbocycles. The van der Waals surface area contributed by atoms with Crippen LogP contribution in [0.4, 0.5) is 0 Å². The summed E-state index contributed by atoms with van der Waals surface area (Å²) in [5, 5.41) is 18.8. The summed E-state index contributed by atoms with van der Waals surface area (Å²) in [4.78, 5) is 48.8. The molecule has 1 unspecified atom stereocenters. The highest BCUT2D eigenvalue weighted by atomic mass is 16.4. The molecule has 1 atom stereocenters. The highest BCUT2D eigenvalue weighted by Gasteiger charge is 2.18. The van der Waals surface area contributed by atoms with Gasteiger partial charge in [-0.15, -0.1) is 0 Å². The zero-order valence-electron chi connectivity index (χ0n) is 12.0. The van der Waals surface area contributed by atoms with Crippen LogP contribution in [0.3, 0.4) is 0 Å². The minimum atomic E-state index is -1.31. The van der Waals surface area contributed by atoms with Gasteiger partial charge in [-0.25, -0.2) is 9.59 Å². The smallest absolute Gasteiger partial charge is 0.333 e. The molecule has 1 amide bonds. The Balaban J connectivity index is 3.22. The van der Waals surface area contributed by atoms with Gasteiger partial charge in [0.15, 0.2) is 0 Å². The number of hydrogen-bond acceptors (Lipinski definition) is 6. The average molecular weight is 312 g/mol. The number of aromatic nitrogens is 2. The van der Waals surface area contributed by atoms with Gasteiger partial charge in [-0.2, -0.15) is 0 Å². The molecule has 0 aliphatic rings. The number of nitrogens with zero attached hydrogens (tertiary/aromatic N) is 3. The summed E-state index contributed by atoms with van der Waals surface area (Å²) in [7, 11) is 2.46. The summed E-state index contributed by atoms with van der Waals surface area (Å²) >= 11 is 0. The number of aliphatic imine (C=N–C) groups is 1. The van der Waals surface area contributed by atoms with E-state index in [1.54, 1.807) is 0 Å². The third-order valence-corrected chi connectivity index (χ3v) is 3.00. The van der Waals surface area contributed by atoms with Crippen LogP contribution < -0.4 is 17.0 Å². The van der Waals surface area contributed by atoms with Crippen LogP contribution in [0, 0.1) is 0 Å². The van der Waals surface area contributed by atoms with Crippen molar-refractivity contribution in [2.75, 3.05) is 0 Å².